The van der Waals surface area contributed by atoms with Gasteiger partial charge in [0.1, 0.15) is 0 Å². The summed E-state index contributed by atoms with van der Waals surface area (Å²) in [6.45, 7) is 0. The second-order valence-corrected chi connectivity index (χ2v) is 5.22. The van der Waals surface area contributed by atoms with Gasteiger partial charge in [0.25, 0.3) is 5.24 Å². The van der Waals surface area contributed by atoms with Crippen molar-refractivity contribution in [2.45, 2.75) is 0 Å². The molecule has 0 aliphatic heterocycles. The average Bonchev–Trinajstić information content (AvgIpc) is 2.39. The molecule has 0 amide bonds. The maximum Gasteiger partial charge on any atom is 0.254 e. The highest BCUT2D eigenvalue weighted by molar-refractivity contribution is 6.68. The number of fused-ring (bicyclic) bond motifs is 2. The fourth-order valence-electron chi connectivity index (χ4n) is 2.06. The quantitative estimate of drug-likeness (QED) is 0.464. The Labute approximate surface area is 123 Å². The summed E-state index contributed by atoms with van der Waals surface area (Å²) in [6, 6.07) is 10.6. The third-order valence-electron chi connectivity index (χ3n) is 2.90. The molecular weight excluding hydrogens is 305 g/mol. The minimum absolute atomic E-state index is 0.261. The molecule has 0 fully saturated rings. The van der Waals surface area contributed by atoms with Gasteiger partial charge in [-0.1, -0.05) is 41.4 Å². The lowest BCUT2D eigenvalue weighted by Gasteiger charge is -2.08. The van der Waals surface area contributed by atoms with Gasteiger partial charge in [-0.25, -0.2) is 4.98 Å². The zero-order chi connectivity index (χ0) is 13.6. The summed E-state index contributed by atoms with van der Waals surface area (Å²) in [7, 11) is 0. The zero-order valence-corrected chi connectivity index (χ0v) is 11.7. The smallest absolute Gasteiger partial charge is 0.254 e. The Morgan fingerprint density at radius 1 is 1.05 bits per heavy atom. The monoisotopic (exact) mass is 309 g/mol. The van der Waals surface area contributed by atoms with Crippen molar-refractivity contribution in [1.29, 1.82) is 0 Å². The largest absolute Gasteiger partial charge is 0.276 e. The first-order valence-corrected chi connectivity index (χ1v) is 6.58. The summed E-state index contributed by atoms with van der Waals surface area (Å²) in [5.41, 5.74) is 1.44. The van der Waals surface area contributed by atoms with Crippen LogP contribution in [0.2, 0.25) is 10.0 Å². The topological polar surface area (TPSA) is 30.0 Å². The number of aromatic nitrogens is 1. The molecule has 1 aromatic heterocycles. The summed E-state index contributed by atoms with van der Waals surface area (Å²) in [5, 5.41) is 1.74. The van der Waals surface area contributed by atoms with Crippen LogP contribution in [0.5, 0.6) is 0 Å². The van der Waals surface area contributed by atoms with Gasteiger partial charge in [-0.2, -0.15) is 0 Å². The van der Waals surface area contributed by atoms with Gasteiger partial charge in [-0.05, 0) is 29.8 Å². The maximum atomic E-state index is 11.5. The highest BCUT2D eigenvalue weighted by Crippen LogP contribution is 2.34. The van der Waals surface area contributed by atoms with Gasteiger partial charge in [-0.3, -0.25) is 4.79 Å². The van der Waals surface area contributed by atoms with Gasteiger partial charge in [0, 0.05) is 15.8 Å². The highest BCUT2D eigenvalue weighted by Gasteiger charge is 2.15. The van der Waals surface area contributed by atoms with E-state index in [0.29, 0.717) is 26.5 Å². The van der Waals surface area contributed by atoms with Gasteiger partial charge < -0.3 is 0 Å². The second kappa shape index (κ2) is 4.64. The molecule has 0 radical (unpaired) electrons. The van der Waals surface area contributed by atoms with Crippen LogP contribution in [0.3, 0.4) is 0 Å². The standard InChI is InChI=1S/C14H6Cl3NO/c15-7-5-9-12(16)8-3-1-2-4-11(8)18-13(9)10(6-7)14(17)19/h1-6H. The summed E-state index contributed by atoms with van der Waals surface area (Å²) < 4.78 is 0. The average molecular weight is 311 g/mol. The van der Waals surface area contributed by atoms with Crippen LogP contribution in [-0.4, -0.2) is 10.2 Å². The summed E-state index contributed by atoms with van der Waals surface area (Å²) >= 11 is 17.9. The van der Waals surface area contributed by atoms with Gasteiger partial charge in [0.05, 0.1) is 21.6 Å². The minimum Gasteiger partial charge on any atom is -0.276 e. The van der Waals surface area contributed by atoms with Crippen molar-refractivity contribution in [3.63, 3.8) is 0 Å². The Kier molecular flexibility index (Phi) is 3.09. The number of hydrogen-bond acceptors (Lipinski definition) is 2. The molecule has 0 N–H and O–H groups in total. The molecule has 1 heterocycles. The summed E-state index contributed by atoms with van der Waals surface area (Å²) in [4.78, 5) is 15.9. The molecule has 0 bridgehead atoms. The van der Waals surface area contributed by atoms with Crippen molar-refractivity contribution in [1.82, 2.24) is 4.98 Å². The van der Waals surface area contributed by atoms with E-state index in [1.54, 1.807) is 6.07 Å². The first-order chi connectivity index (χ1) is 9.08. The number of benzene rings is 2. The molecule has 19 heavy (non-hydrogen) atoms. The maximum absolute atomic E-state index is 11.5. The van der Waals surface area contributed by atoms with E-state index >= 15 is 0 Å². The molecule has 5 heteroatoms. The Balaban J connectivity index is 2.57. The van der Waals surface area contributed by atoms with E-state index in [0.717, 1.165) is 5.39 Å². The molecule has 0 atom stereocenters. The van der Waals surface area contributed by atoms with Crippen molar-refractivity contribution in [3.05, 3.63) is 52.0 Å². The normalized spacial score (nSPS) is 11.1. The minimum atomic E-state index is -0.605. The molecule has 0 saturated carbocycles. The lowest BCUT2D eigenvalue weighted by molar-refractivity contribution is 0.108. The summed E-state index contributed by atoms with van der Waals surface area (Å²) in [6.07, 6.45) is 0. The van der Waals surface area contributed by atoms with Crippen LogP contribution in [0.1, 0.15) is 10.4 Å². The fourth-order valence-corrected chi connectivity index (χ4v) is 2.73. The first kappa shape index (κ1) is 12.7. The number of carbonyl (C=O) groups is 1. The second-order valence-electron chi connectivity index (χ2n) is 4.07. The van der Waals surface area contributed by atoms with Crippen LogP contribution in [-0.2, 0) is 0 Å². The third kappa shape index (κ3) is 2.06. The van der Waals surface area contributed by atoms with Crippen LogP contribution in [0.4, 0.5) is 0 Å². The highest BCUT2D eigenvalue weighted by atomic mass is 35.5. The van der Waals surface area contributed by atoms with E-state index < -0.39 is 5.24 Å². The van der Waals surface area contributed by atoms with Crippen molar-refractivity contribution in [2.24, 2.45) is 0 Å². The van der Waals surface area contributed by atoms with Crippen LogP contribution in [0, 0.1) is 0 Å². The Hall–Kier alpha value is -1.35. The molecule has 2 nitrogen and oxygen atoms in total. The molecular formula is C14H6Cl3NO. The van der Waals surface area contributed by atoms with E-state index in [4.69, 9.17) is 34.8 Å². The number of para-hydroxylation sites is 1. The number of carbonyl (C=O) groups excluding carboxylic acids is 1. The number of halogens is 3. The number of pyridine rings is 1. The van der Waals surface area contributed by atoms with Crippen molar-refractivity contribution in [2.75, 3.05) is 0 Å². The van der Waals surface area contributed by atoms with Crippen LogP contribution >= 0.6 is 34.8 Å². The van der Waals surface area contributed by atoms with Crippen LogP contribution < -0.4 is 0 Å². The zero-order valence-electron chi connectivity index (χ0n) is 9.45. The molecule has 3 aromatic rings. The van der Waals surface area contributed by atoms with Crippen LogP contribution in [0.25, 0.3) is 21.8 Å². The third-order valence-corrected chi connectivity index (χ3v) is 3.72. The van der Waals surface area contributed by atoms with E-state index in [1.165, 1.54) is 6.07 Å². The van der Waals surface area contributed by atoms with Crippen molar-refractivity contribution >= 4 is 61.9 Å². The Bertz CT molecular complexity index is 830. The molecule has 2 aromatic carbocycles. The predicted octanol–water partition coefficient (Wildman–Crippen LogP) is 5.07. The van der Waals surface area contributed by atoms with Gasteiger partial charge >= 0.3 is 0 Å². The van der Waals surface area contributed by atoms with Gasteiger partial charge in [-0.15, -0.1) is 0 Å². The van der Waals surface area contributed by atoms with Crippen molar-refractivity contribution in [3.8, 4) is 0 Å². The predicted molar refractivity (Wildman–Crippen MR) is 79.5 cm³/mol. The molecule has 94 valence electrons. The Morgan fingerprint density at radius 2 is 1.79 bits per heavy atom. The first-order valence-electron chi connectivity index (χ1n) is 5.45. The summed E-state index contributed by atoms with van der Waals surface area (Å²) in [5.74, 6) is 0. The lowest BCUT2D eigenvalue weighted by atomic mass is 10.1. The number of rotatable bonds is 1. The number of nitrogens with zero attached hydrogens (tertiary/aromatic N) is 1. The molecule has 0 aliphatic carbocycles. The Morgan fingerprint density at radius 3 is 2.53 bits per heavy atom. The number of hydrogen-bond donors (Lipinski definition) is 0. The molecule has 0 unspecified atom stereocenters. The van der Waals surface area contributed by atoms with E-state index in [9.17, 15) is 4.79 Å². The molecule has 0 spiro atoms. The fraction of sp³-hybridized carbons (Fsp3) is 0. The van der Waals surface area contributed by atoms with E-state index in [-0.39, 0.29) is 5.56 Å². The van der Waals surface area contributed by atoms with Gasteiger partial charge in [0.2, 0.25) is 0 Å². The SMILES string of the molecule is O=C(Cl)c1cc(Cl)cc2c(Cl)c3ccccc3nc12. The lowest BCUT2D eigenvalue weighted by Crippen LogP contribution is -1.95. The van der Waals surface area contributed by atoms with Crippen molar-refractivity contribution < 1.29 is 4.79 Å². The molecule has 3 rings (SSSR count). The van der Waals surface area contributed by atoms with Gasteiger partial charge in [0.15, 0.2) is 0 Å². The van der Waals surface area contributed by atoms with E-state index in [1.807, 2.05) is 24.3 Å². The van der Waals surface area contributed by atoms with Crippen LogP contribution in [0.15, 0.2) is 36.4 Å². The molecule has 0 saturated heterocycles. The molecule has 0 aliphatic rings. The van der Waals surface area contributed by atoms with E-state index in [2.05, 4.69) is 4.98 Å².